The number of Topliss-reactive ketones (excluding diaryl/α,β-unsaturated/α-hetero) is 1. The molecule has 0 radical (unpaired) electrons. The third kappa shape index (κ3) is 4.10. The number of hydrogen-bond acceptors (Lipinski definition) is 6. The SMILES string of the molecule is COC(=O)/C=C(/C=C/C(=O)OC)[C@@H]1CC(=O)C[C@H]2CCCC(=O)N21. The molecule has 0 aromatic heterocycles. The van der Waals surface area contributed by atoms with Crippen LogP contribution in [-0.4, -0.2) is 54.8 Å². The van der Waals surface area contributed by atoms with Crippen molar-refractivity contribution in [3.8, 4) is 0 Å². The van der Waals surface area contributed by atoms with Crippen molar-refractivity contribution in [2.24, 2.45) is 0 Å². The number of amides is 1. The fourth-order valence-electron chi connectivity index (χ4n) is 3.21. The van der Waals surface area contributed by atoms with Crippen LogP contribution >= 0.6 is 0 Å². The molecule has 1 amide bonds. The quantitative estimate of drug-likeness (QED) is 0.431. The molecule has 2 fully saturated rings. The van der Waals surface area contributed by atoms with Crippen LogP contribution < -0.4 is 0 Å². The van der Waals surface area contributed by atoms with Crippen molar-refractivity contribution in [3.05, 3.63) is 23.8 Å². The number of piperidine rings is 2. The zero-order valence-corrected chi connectivity index (χ0v) is 13.8. The van der Waals surface area contributed by atoms with Gasteiger partial charge in [0, 0.05) is 37.5 Å². The van der Waals surface area contributed by atoms with Crippen molar-refractivity contribution in [1.82, 2.24) is 4.90 Å². The van der Waals surface area contributed by atoms with Crippen molar-refractivity contribution in [1.29, 1.82) is 0 Å². The number of fused-ring (bicyclic) bond motifs is 1. The number of carbonyl (C=O) groups excluding carboxylic acids is 4. The van der Waals surface area contributed by atoms with E-state index in [2.05, 4.69) is 9.47 Å². The van der Waals surface area contributed by atoms with Crippen LogP contribution in [0.5, 0.6) is 0 Å². The topological polar surface area (TPSA) is 90.0 Å². The second-order valence-corrected chi connectivity index (χ2v) is 5.83. The van der Waals surface area contributed by atoms with Gasteiger partial charge in [0.15, 0.2) is 0 Å². The summed E-state index contributed by atoms with van der Waals surface area (Å²) < 4.78 is 9.19. The van der Waals surface area contributed by atoms with E-state index in [1.54, 1.807) is 4.90 Å². The first kappa shape index (κ1) is 17.9. The van der Waals surface area contributed by atoms with Crippen molar-refractivity contribution < 1.29 is 28.7 Å². The molecular weight excluding hydrogens is 314 g/mol. The lowest BCUT2D eigenvalue weighted by Crippen LogP contribution is -2.55. The van der Waals surface area contributed by atoms with E-state index in [9.17, 15) is 19.2 Å². The lowest BCUT2D eigenvalue weighted by atomic mass is 9.84. The maximum absolute atomic E-state index is 12.4. The highest BCUT2D eigenvalue weighted by atomic mass is 16.5. The van der Waals surface area contributed by atoms with Gasteiger partial charge in [-0.2, -0.15) is 0 Å². The molecule has 2 atom stereocenters. The molecule has 2 heterocycles. The number of ketones is 1. The number of nitrogens with zero attached hydrogens (tertiary/aromatic N) is 1. The zero-order valence-electron chi connectivity index (χ0n) is 13.8. The van der Waals surface area contributed by atoms with E-state index in [1.165, 1.54) is 26.4 Å². The van der Waals surface area contributed by atoms with Gasteiger partial charge in [-0.15, -0.1) is 0 Å². The molecular formula is C17H21NO6. The van der Waals surface area contributed by atoms with Gasteiger partial charge in [-0.1, -0.05) is 0 Å². The Bertz CT molecular complexity index is 606. The minimum Gasteiger partial charge on any atom is -0.466 e. The molecule has 7 heteroatoms. The highest BCUT2D eigenvalue weighted by Gasteiger charge is 2.40. The molecule has 0 bridgehead atoms. The van der Waals surface area contributed by atoms with E-state index in [4.69, 9.17) is 0 Å². The Balaban J connectivity index is 2.37. The third-order valence-electron chi connectivity index (χ3n) is 4.31. The smallest absolute Gasteiger partial charge is 0.330 e. The largest absolute Gasteiger partial charge is 0.466 e. The molecule has 0 aliphatic carbocycles. The molecule has 2 rings (SSSR count). The first-order valence-electron chi connectivity index (χ1n) is 7.84. The van der Waals surface area contributed by atoms with Crippen LogP contribution in [0.2, 0.25) is 0 Å². The van der Waals surface area contributed by atoms with Crippen LogP contribution in [0.3, 0.4) is 0 Å². The highest BCUT2D eigenvalue weighted by Crippen LogP contribution is 2.33. The number of esters is 2. The fourth-order valence-corrected chi connectivity index (χ4v) is 3.21. The van der Waals surface area contributed by atoms with Gasteiger partial charge in [-0.05, 0) is 24.5 Å². The monoisotopic (exact) mass is 335 g/mol. The summed E-state index contributed by atoms with van der Waals surface area (Å²) in [4.78, 5) is 49.2. The van der Waals surface area contributed by atoms with Gasteiger partial charge in [0.2, 0.25) is 5.91 Å². The summed E-state index contributed by atoms with van der Waals surface area (Å²) in [5, 5.41) is 0. The summed E-state index contributed by atoms with van der Waals surface area (Å²) in [6.07, 6.45) is 6.19. The fraction of sp³-hybridized carbons (Fsp3) is 0.529. The van der Waals surface area contributed by atoms with Gasteiger partial charge >= 0.3 is 11.9 Å². The molecule has 0 aromatic rings. The van der Waals surface area contributed by atoms with Crippen LogP contribution in [-0.2, 0) is 28.7 Å². The predicted molar refractivity (Wildman–Crippen MR) is 83.8 cm³/mol. The van der Waals surface area contributed by atoms with E-state index < -0.39 is 18.0 Å². The Labute approximate surface area is 140 Å². The molecule has 0 N–H and O–H groups in total. The maximum atomic E-state index is 12.4. The van der Waals surface area contributed by atoms with Crippen LogP contribution in [0.15, 0.2) is 23.8 Å². The number of rotatable bonds is 4. The van der Waals surface area contributed by atoms with E-state index >= 15 is 0 Å². The molecule has 7 nitrogen and oxygen atoms in total. The van der Waals surface area contributed by atoms with Crippen LogP contribution in [0.25, 0.3) is 0 Å². The summed E-state index contributed by atoms with van der Waals surface area (Å²) in [6, 6.07) is -0.714. The van der Waals surface area contributed by atoms with Gasteiger partial charge in [0.05, 0.1) is 20.3 Å². The summed E-state index contributed by atoms with van der Waals surface area (Å²) in [6.45, 7) is 0. The Hall–Kier alpha value is -2.44. The molecule has 2 aliphatic heterocycles. The minimum absolute atomic E-state index is 0.0361. The van der Waals surface area contributed by atoms with Crippen LogP contribution in [0.4, 0.5) is 0 Å². The molecule has 0 spiro atoms. The minimum atomic E-state index is -0.612. The standard InChI is InChI=1S/C17H21NO6/c1-23-16(21)7-6-11(8-17(22)24-2)14-10-13(19)9-12-4-3-5-15(20)18(12)14/h6-8,12,14H,3-5,9-10H2,1-2H3/b7-6+,11-8-/t12-,14+/m1/s1. The number of carbonyl (C=O) groups is 4. The average Bonchev–Trinajstić information content (AvgIpc) is 2.57. The summed E-state index contributed by atoms with van der Waals surface area (Å²) in [5.74, 6) is -1.20. The van der Waals surface area contributed by atoms with E-state index in [1.807, 2.05) is 0 Å². The first-order chi connectivity index (χ1) is 11.5. The van der Waals surface area contributed by atoms with Gasteiger partial charge in [-0.25, -0.2) is 9.59 Å². The highest BCUT2D eigenvalue weighted by molar-refractivity contribution is 5.89. The lowest BCUT2D eigenvalue weighted by Gasteiger charge is -2.44. The second kappa shape index (κ2) is 7.90. The van der Waals surface area contributed by atoms with Crippen molar-refractivity contribution in [3.63, 3.8) is 0 Å². The van der Waals surface area contributed by atoms with Gasteiger partial charge in [0.25, 0.3) is 0 Å². The lowest BCUT2D eigenvalue weighted by molar-refractivity contribution is -0.144. The normalized spacial score (nSPS) is 24.8. The van der Waals surface area contributed by atoms with Crippen LogP contribution in [0.1, 0.15) is 32.1 Å². The third-order valence-corrected chi connectivity index (χ3v) is 4.31. The number of hydrogen-bond donors (Lipinski definition) is 0. The Morgan fingerprint density at radius 2 is 1.79 bits per heavy atom. The Kier molecular flexibility index (Phi) is 5.89. The summed E-state index contributed by atoms with van der Waals surface area (Å²) >= 11 is 0. The van der Waals surface area contributed by atoms with Gasteiger partial charge < -0.3 is 14.4 Å². The molecule has 0 unspecified atom stereocenters. The maximum Gasteiger partial charge on any atom is 0.330 e. The molecule has 2 aliphatic rings. The van der Waals surface area contributed by atoms with Gasteiger partial charge in [0.1, 0.15) is 5.78 Å². The predicted octanol–water partition coefficient (Wildman–Crippen LogP) is 0.928. The summed E-state index contributed by atoms with van der Waals surface area (Å²) in [7, 11) is 2.48. The molecule has 24 heavy (non-hydrogen) atoms. The number of methoxy groups -OCH3 is 2. The Morgan fingerprint density at radius 3 is 2.46 bits per heavy atom. The van der Waals surface area contributed by atoms with Crippen molar-refractivity contribution in [2.45, 2.75) is 44.2 Å². The van der Waals surface area contributed by atoms with Crippen LogP contribution in [0, 0.1) is 0 Å². The van der Waals surface area contributed by atoms with E-state index in [-0.39, 0.29) is 24.2 Å². The number of ether oxygens (including phenoxy) is 2. The average molecular weight is 335 g/mol. The van der Waals surface area contributed by atoms with Crippen molar-refractivity contribution in [2.75, 3.05) is 14.2 Å². The van der Waals surface area contributed by atoms with Crippen molar-refractivity contribution >= 4 is 23.6 Å². The molecule has 2 saturated heterocycles. The molecule has 0 saturated carbocycles. The van der Waals surface area contributed by atoms with Gasteiger partial charge in [-0.3, -0.25) is 9.59 Å². The van der Waals surface area contributed by atoms with E-state index in [0.717, 1.165) is 18.9 Å². The summed E-state index contributed by atoms with van der Waals surface area (Å²) in [5.41, 5.74) is 0.389. The molecule has 0 aromatic carbocycles. The first-order valence-corrected chi connectivity index (χ1v) is 7.84. The second-order valence-electron chi connectivity index (χ2n) is 5.83. The van der Waals surface area contributed by atoms with E-state index in [0.29, 0.717) is 18.4 Å². The Morgan fingerprint density at radius 1 is 1.08 bits per heavy atom. The molecule has 130 valence electrons. The zero-order chi connectivity index (χ0) is 17.7.